The van der Waals surface area contributed by atoms with E-state index in [0.29, 0.717) is 5.75 Å². The highest BCUT2D eigenvalue weighted by molar-refractivity contribution is 6.04. The van der Waals surface area contributed by atoms with Crippen molar-refractivity contribution in [2.24, 2.45) is 5.92 Å². The van der Waals surface area contributed by atoms with Gasteiger partial charge in [-0.1, -0.05) is 38.5 Å². The molecule has 154 valence electrons. The number of carbonyl (C=O) groups excluding carboxylic acids is 3. The Balaban J connectivity index is 1.92. The number of ether oxygens (including phenoxy) is 1. The Labute approximate surface area is 165 Å². The lowest BCUT2D eigenvalue weighted by Gasteiger charge is -2.22. The van der Waals surface area contributed by atoms with Crippen molar-refractivity contribution in [2.75, 3.05) is 13.7 Å². The van der Waals surface area contributed by atoms with Crippen LogP contribution in [0.4, 0.5) is 4.79 Å². The average Bonchev–Trinajstić information content (AvgIpc) is 2.97. The SMILES string of the molecule is CC[C@H](C)[C@H](CO)NC(=O)CC[C@H]1NC(=O)N(Cc2ccccc2OC)C1=O. The van der Waals surface area contributed by atoms with Gasteiger partial charge in [-0.25, -0.2) is 4.79 Å². The molecule has 1 saturated heterocycles. The van der Waals surface area contributed by atoms with Crippen molar-refractivity contribution in [1.82, 2.24) is 15.5 Å². The van der Waals surface area contributed by atoms with Gasteiger partial charge in [-0.2, -0.15) is 0 Å². The van der Waals surface area contributed by atoms with Gasteiger partial charge in [0.05, 0.1) is 26.3 Å². The molecule has 8 heteroatoms. The first-order chi connectivity index (χ1) is 13.4. The number of nitrogens with zero attached hydrogens (tertiary/aromatic N) is 1. The van der Waals surface area contributed by atoms with Crippen LogP contribution in [-0.4, -0.2) is 53.7 Å². The molecule has 0 bridgehead atoms. The molecule has 4 amide bonds. The molecule has 8 nitrogen and oxygen atoms in total. The summed E-state index contributed by atoms with van der Waals surface area (Å²) in [5, 5.41) is 14.8. The molecule has 1 aromatic rings. The van der Waals surface area contributed by atoms with Gasteiger partial charge < -0.3 is 20.5 Å². The predicted molar refractivity (Wildman–Crippen MR) is 104 cm³/mol. The second kappa shape index (κ2) is 10.1. The number of urea groups is 1. The maximum absolute atomic E-state index is 12.6. The molecule has 0 unspecified atom stereocenters. The molecule has 1 fully saturated rings. The molecule has 0 aliphatic carbocycles. The third-order valence-corrected chi connectivity index (χ3v) is 5.16. The van der Waals surface area contributed by atoms with Crippen molar-refractivity contribution in [3.05, 3.63) is 29.8 Å². The number of aliphatic hydroxyl groups is 1. The van der Waals surface area contributed by atoms with Crippen molar-refractivity contribution in [3.8, 4) is 5.75 Å². The Morgan fingerprint density at radius 2 is 2.07 bits per heavy atom. The van der Waals surface area contributed by atoms with Gasteiger partial charge in [-0.3, -0.25) is 14.5 Å². The summed E-state index contributed by atoms with van der Waals surface area (Å²) in [7, 11) is 1.53. The Morgan fingerprint density at radius 3 is 2.71 bits per heavy atom. The maximum Gasteiger partial charge on any atom is 0.325 e. The molecule has 0 aromatic heterocycles. The van der Waals surface area contributed by atoms with E-state index in [0.717, 1.165) is 16.9 Å². The van der Waals surface area contributed by atoms with Crippen molar-refractivity contribution < 1.29 is 24.2 Å². The van der Waals surface area contributed by atoms with Gasteiger partial charge in [0, 0.05) is 12.0 Å². The van der Waals surface area contributed by atoms with Crippen LogP contribution in [-0.2, 0) is 16.1 Å². The van der Waals surface area contributed by atoms with Gasteiger partial charge in [-0.15, -0.1) is 0 Å². The second-order valence-electron chi connectivity index (χ2n) is 7.02. The Morgan fingerprint density at radius 1 is 1.36 bits per heavy atom. The molecule has 2 rings (SSSR count). The van der Waals surface area contributed by atoms with E-state index in [-0.39, 0.29) is 49.8 Å². The Hall–Kier alpha value is -2.61. The minimum absolute atomic E-state index is 0.0894. The average molecular weight is 391 g/mol. The smallest absolute Gasteiger partial charge is 0.325 e. The fraction of sp³-hybridized carbons (Fsp3) is 0.550. The molecule has 1 aromatic carbocycles. The molecule has 1 aliphatic rings. The summed E-state index contributed by atoms with van der Waals surface area (Å²) in [5.74, 6) is 0.151. The van der Waals surface area contributed by atoms with Crippen LogP contribution in [0.2, 0.25) is 0 Å². The zero-order chi connectivity index (χ0) is 20.7. The third-order valence-electron chi connectivity index (χ3n) is 5.16. The van der Waals surface area contributed by atoms with Crippen molar-refractivity contribution in [3.63, 3.8) is 0 Å². The highest BCUT2D eigenvalue weighted by atomic mass is 16.5. The number of carbonyl (C=O) groups is 3. The fourth-order valence-corrected chi connectivity index (χ4v) is 3.13. The fourth-order valence-electron chi connectivity index (χ4n) is 3.13. The summed E-state index contributed by atoms with van der Waals surface area (Å²) in [6, 6.07) is 5.67. The summed E-state index contributed by atoms with van der Waals surface area (Å²) in [6.45, 7) is 3.92. The number of nitrogens with one attached hydrogen (secondary N) is 2. The minimum Gasteiger partial charge on any atom is -0.496 e. The normalized spacial score (nSPS) is 18.6. The van der Waals surface area contributed by atoms with E-state index in [1.54, 1.807) is 12.1 Å². The lowest BCUT2D eigenvalue weighted by molar-refractivity contribution is -0.128. The molecule has 0 spiro atoms. The first-order valence-electron chi connectivity index (χ1n) is 9.55. The highest BCUT2D eigenvalue weighted by Gasteiger charge is 2.38. The van der Waals surface area contributed by atoms with E-state index >= 15 is 0 Å². The quantitative estimate of drug-likeness (QED) is 0.523. The molecule has 1 heterocycles. The summed E-state index contributed by atoms with van der Waals surface area (Å²) >= 11 is 0. The summed E-state index contributed by atoms with van der Waals surface area (Å²) in [6.07, 6.45) is 1.13. The van der Waals surface area contributed by atoms with Crippen LogP contribution in [0.3, 0.4) is 0 Å². The maximum atomic E-state index is 12.6. The lowest BCUT2D eigenvalue weighted by Crippen LogP contribution is -2.42. The molecular weight excluding hydrogens is 362 g/mol. The van der Waals surface area contributed by atoms with Gasteiger partial charge in [0.1, 0.15) is 11.8 Å². The van der Waals surface area contributed by atoms with Crippen molar-refractivity contribution in [2.45, 2.75) is 51.7 Å². The van der Waals surface area contributed by atoms with Crippen molar-refractivity contribution >= 4 is 17.8 Å². The Kier molecular flexibility index (Phi) is 7.80. The van der Waals surface area contributed by atoms with E-state index in [9.17, 15) is 19.5 Å². The highest BCUT2D eigenvalue weighted by Crippen LogP contribution is 2.22. The monoisotopic (exact) mass is 391 g/mol. The number of imide groups is 1. The van der Waals surface area contributed by atoms with Crippen LogP contribution >= 0.6 is 0 Å². The van der Waals surface area contributed by atoms with Crippen molar-refractivity contribution in [1.29, 1.82) is 0 Å². The van der Waals surface area contributed by atoms with E-state index in [1.807, 2.05) is 26.0 Å². The van der Waals surface area contributed by atoms with Crippen LogP contribution < -0.4 is 15.4 Å². The van der Waals surface area contributed by atoms with Crippen LogP contribution in [0.15, 0.2) is 24.3 Å². The van der Waals surface area contributed by atoms with Crippen LogP contribution in [0.25, 0.3) is 0 Å². The lowest BCUT2D eigenvalue weighted by atomic mass is 9.99. The van der Waals surface area contributed by atoms with Gasteiger partial charge >= 0.3 is 6.03 Å². The number of methoxy groups -OCH3 is 1. The molecule has 3 atom stereocenters. The van der Waals surface area contributed by atoms with E-state index in [2.05, 4.69) is 10.6 Å². The molecule has 0 saturated carbocycles. The summed E-state index contributed by atoms with van der Waals surface area (Å²) in [4.78, 5) is 38.1. The topological polar surface area (TPSA) is 108 Å². The number of hydrogen-bond acceptors (Lipinski definition) is 5. The number of rotatable bonds is 10. The van der Waals surface area contributed by atoms with Gasteiger partial charge in [0.2, 0.25) is 5.91 Å². The summed E-state index contributed by atoms with van der Waals surface area (Å²) in [5.41, 5.74) is 0.728. The van der Waals surface area contributed by atoms with Gasteiger partial charge in [0.15, 0.2) is 0 Å². The standard InChI is InChI=1S/C20H29N3O5/c1-4-13(2)16(12-24)21-18(25)10-9-15-19(26)23(20(27)22-15)11-14-7-5-6-8-17(14)28-3/h5-8,13,15-16,24H,4,9-12H2,1-3H3,(H,21,25)(H,22,27)/t13-,15+,16-/m0/s1. The Bertz CT molecular complexity index is 709. The number of amides is 4. The number of para-hydroxylation sites is 1. The molecule has 0 radical (unpaired) electrons. The van der Waals surface area contributed by atoms with Crippen LogP contribution in [0.5, 0.6) is 5.75 Å². The molecular formula is C20H29N3O5. The summed E-state index contributed by atoms with van der Waals surface area (Å²) < 4.78 is 5.26. The first-order valence-corrected chi connectivity index (χ1v) is 9.55. The van der Waals surface area contributed by atoms with Crippen LogP contribution in [0, 0.1) is 5.92 Å². The van der Waals surface area contributed by atoms with Gasteiger partial charge in [0.25, 0.3) is 5.91 Å². The molecule has 28 heavy (non-hydrogen) atoms. The first kappa shape index (κ1) is 21.7. The molecule has 1 aliphatic heterocycles. The number of aliphatic hydroxyl groups excluding tert-OH is 1. The van der Waals surface area contributed by atoms with E-state index < -0.39 is 12.1 Å². The largest absolute Gasteiger partial charge is 0.496 e. The zero-order valence-electron chi connectivity index (χ0n) is 16.6. The van der Waals surface area contributed by atoms with Crippen LogP contribution in [0.1, 0.15) is 38.7 Å². The minimum atomic E-state index is -0.732. The second-order valence-corrected chi connectivity index (χ2v) is 7.02. The van der Waals surface area contributed by atoms with E-state index in [1.165, 1.54) is 7.11 Å². The predicted octanol–water partition coefficient (Wildman–Crippen LogP) is 1.42. The van der Waals surface area contributed by atoms with E-state index in [4.69, 9.17) is 4.74 Å². The molecule has 3 N–H and O–H groups in total. The number of benzene rings is 1. The zero-order valence-corrected chi connectivity index (χ0v) is 16.6. The number of hydrogen-bond donors (Lipinski definition) is 3. The van der Waals surface area contributed by atoms with Gasteiger partial charge in [-0.05, 0) is 18.4 Å². The third kappa shape index (κ3) is 5.22.